The average molecular weight is 388 g/mol. The van der Waals surface area contributed by atoms with E-state index in [1.54, 1.807) is 12.1 Å². The number of benzene rings is 1. The fraction of sp³-hybridized carbons (Fsp3) is 0.214. The molecule has 7 nitrogen and oxygen atoms in total. The average Bonchev–Trinajstić information content (AvgIpc) is 2.79. The van der Waals surface area contributed by atoms with Crippen LogP contribution in [0.1, 0.15) is 12.5 Å². The molecule has 1 N–H and O–H groups in total. The molecule has 1 aliphatic heterocycles. The number of carbonyl (C=O) groups is 1. The zero-order chi connectivity index (χ0) is 17.6. The van der Waals surface area contributed by atoms with E-state index < -0.39 is 22.0 Å². The van der Waals surface area contributed by atoms with Crippen molar-refractivity contribution >= 4 is 39.2 Å². The zero-order valence-corrected chi connectivity index (χ0v) is 14.6. The van der Waals surface area contributed by atoms with Crippen LogP contribution < -0.4 is 0 Å². The van der Waals surface area contributed by atoms with Crippen LogP contribution in [0.5, 0.6) is 0 Å². The van der Waals surface area contributed by atoms with Gasteiger partial charge in [0, 0.05) is 12.1 Å². The number of halogens is 2. The first kappa shape index (κ1) is 17.1. The van der Waals surface area contributed by atoms with Crippen LogP contribution >= 0.6 is 23.2 Å². The second-order valence-corrected chi connectivity index (χ2v) is 7.83. The normalized spacial score (nSPS) is 17.5. The maximum absolute atomic E-state index is 12.6. The largest absolute Gasteiger partial charge is 0.480 e. The predicted octanol–water partition coefficient (Wildman–Crippen LogP) is 2.43. The summed E-state index contributed by atoms with van der Waals surface area (Å²) >= 11 is 11.8. The summed E-state index contributed by atoms with van der Waals surface area (Å²) in [7, 11) is -3.91. The highest BCUT2D eigenvalue weighted by molar-refractivity contribution is 7.89. The molecule has 0 bridgehead atoms. The summed E-state index contributed by atoms with van der Waals surface area (Å²) in [5, 5.41) is 9.31. The first-order valence-corrected chi connectivity index (χ1v) is 8.97. The Kier molecular flexibility index (Phi) is 4.25. The number of carboxylic acid groups (broad SMARTS) is 1. The third-order valence-corrected chi connectivity index (χ3v) is 6.21. The van der Waals surface area contributed by atoms with Crippen molar-refractivity contribution in [2.75, 3.05) is 0 Å². The third kappa shape index (κ3) is 2.75. The number of rotatable bonds is 3. The summed E-state index contributed by atoms with van der Waals surface area (Å²) in [6, 6.07) is 3.53. The molecule has 0 aliphatic carbocycles. The van der Waals surface area contributed by atoms with E-state index in [1.807, 2.05) is 0 Å². The van der Waals surface area contributed by atoms with Crippen LogP contribution in [0.4, 0.5) is 0 Å². The number of nitrogens with zero attached hydrogens (tertiary/aromatic N) is 3. The molecule has 0 amide bonds. The molecular formula is C14H11Cl2N3O4S. The van der Waals surface area contributed by atoms with E-state index in [4.69, 9.17) is 28.3 Å². The molecule has 10 heteroatoms. The van der Waals surface area contributed by atoms with Gasteiger partial charge in [0.2, 0.25) is 15.3 Å². The number of hydrogen-bond acceptors (Lipinski definition) is 5. The summed E-state index contributed by atoms with van der Waals surface area (Å²) in [4.78, 5) is 19.0. The van der Waals surface area contributed by atoms with Crippen molar-refractivity contribution in [1.29, 1.82) is 0 Å². The summed E-state index contributed by atoms with van der Waals surface area (Å²) in [6.07, 6.45) is 1.33. The fourth-order valence-corrected chi connectivity index (χ4v) is 4.61. The number of sulfonamides is 1. The van der Waals surface area contributed by atoms with Crippen LogP contribution in [-0.4, -0.2) is 39.8 Å². The lowest BCUT2D eigenvalue weighted by Crippen LogP contribution is -2.38. The first-order chi connectivity index (χ1) is 11.2. The first-order valence-electron chi connectivity index (χ1n) is 6.78. The van der Waals surface area contributed by atoms with Gasteiger partial charge < -0.3 is 5.11 Å². The Morgan fingerprint density at radius 2 is 2.08 bits per heavy atom. The van der Waals surface area contributed by atoms with Crippen LogP contribution in [0.25, 0.3) is 11.3 Å². The van der Waals surface area contributed by atoms with Gasteiger partial charge in [-0.3, -0.25) is 4.79 Å². The second-order valence-electron chi connectivity index (χ2n) is 5.22. The highest BCUT2D eigenvalue weighted by Gasteiger charge is 2.40. The van der Waals surface area contributed by atoms with E-state index in [9.17, 15) is 13.2 Å². The maximum atomic E-state index is 12.6. The zero-order valence-electron chi connectivity index (χ0n) is 12.3. The van der Waals surface area contributed by atoms with E-state index in [1.165, 1.54) is 19.2 Å². The van der Waals surface area contributed by atoms with E-state index >= 15 is 0 Å². The van der Waals surface area contributed by atoms with Crippen LogP contribution in [0, 0.1) is 0 Å². The minimum atomic E-state index is -3.91. The molecule has 2 heterocycles. The van der Waals surface area contributed by atoms with E-state index in [0.717, 1.165) is 4.31 Å². The number of fused-ring (bicyclic) bond motifs is 1. The lowest BCUT2D eigenvalue weighted by molar-refractivity contribution is -0.140. The van der Waals surface area contributed by atoms with Gasteiger partial charge in [0.25, 0.3) is 0 Å². The topological polar surface area (TPSA) is 100 Å². The van der Waals surface area contributed by atoms with Gasteiger partial charge in [0.05, 0.1) is 21.8 Å². The summed E-state index contributed by atoms with van der Waals surface area (Å²) in [6.45, 7) is 1.33. The maximum Gasteiger partial charge on any atom is 0.321 e. The van der Waals surface area contributed by atoms with E-state index in [2.05, 4.69) is 9.97 Å². The van der Waals surface area contributed by atoms with Crippen molar-refractivity contribution < 1.29 is 18.3 Å². The van der Waals surface area contributed by atoms with Gasteiger partial charge in [-0.15, -0.1) is 0 Å². The van der Waals surface area contributed by atoms with Crippen molar-refractivity contribution in [3.8, 4) is 11.3 Å². The third-order valence-electron chi connectivity index (χ3n) is 3.76. The van der Waals surface area contributed by atoms with Gasteiger partial charge in [-0.05, 0) is 30.2 Å². The van der Waals surface area contributed by atoms with Gasteiger partial charge in [-0.25, -0.2) is 18.4 Å². The molecule has 1 aromatic carbocycles. The Bertz CT molecular complexity index is 949. The molecule has 0 radical (unpaired) electrons. The Morgan fingerprint density at radius 1 is 1.38 bits per heavy atom. The molecule has 0 saturated carbocycles. The SMILES string of the molecule is C[C@H](C(=O)O)N1Cc2ccc(-c3nc(Cl)ncc3Cl)cc2S1(=O)=O. The number of aliphatic carboxylic acids is 1. The lowest BCUT2D eigenvalue weighted by Gasteiger charge is -2.18. The Hall–Kier alpha value is -1.74. The molecule has 1 atom stereocenters. The van der Waals surface area contributed by atoms with E-state index in [0.29, 0.717) is 16.8 Å². The standard InChI is InChI=1S/C14H11Cl2N3O4S/c1-7(13(20)21)19-6-9-3-2-8(4-11(9)24(19,22)23)12-10(15)5-17-14(16)18-12/h2-5,7H,6H2,1H3,(H,20,21)/t7-/m1/s1. The minimum Gasteiger partial charge on any atom is -0.480 e. The summed E-state index contributed by atoms with van der Waals surface area (Å²) < 4.78 is 26.2. The summed E-state index contributed by atoms with van der Waals surface area (Å²) in [5.41, 5.74) is 1.28. The van der Waals surface area contributed by atoms with Crippen molar-refractivity contribution in [3.63, 3.8) is 0 Å². The smallest absolute Gasteiger partial charge is 0.321 e. The molecule has 24 heavy (non-hydrogen) atoms. The second kappa shape index (κ2) is 5.96. The van der Waals surface area contributed by atoms with Crippen molar-refractivity contribution in [2.24, 2.45) is 0 Å². The number of hydrogen-bond donors (Lipinski definition) is 1. The Labute approximate surface area is 147 Å². The fourth-order valence-electron chi connectivity index (χ4n) is 2.47. The quantitative estimate of drug-likeness (QED) is 0.811. The van der Waals surface area contributed by atoms with Crippen molar-refractivity contribution in [3.05, 3.63) is 40.3 Å². The predicted molar refractivity (Wildman–Crippen MR) is 87.3 cm³/mol. The van der Waals surface area contributed by atoms with Gasteiger partial charge in [-0.1, -0.05) is 23.7 Å². The molecule has 0 spiro atoms. The minimum absolute atomic E-state index is 0.00365. The molecular weight excluding hydrogens is 377 g/mol. The molecule has 1 aromatic heterocycles. The number of carboxylic acids is 1. The molecule has 2 aromatic rings. The van der Waals surface area contributed by atoms with Crippen molar-refractivity contribution in [1.82, 2.24) is 14.3 Å². The van der Waals surface area contributed by atoms with Gasteiger partial charge in [0.15, 0.2) is 0 Å². The molecule has 3 rings (SSSR count). The monoisotopic (exact) mass is 387 g/mol. The van der Waals surface area contributed by atoms with Gasteiger partial charge >= 0.3 is 5.97 Å². The van der Waals surface area contributed by atoms with Crippen LogP contribution in [0.2, 0.25) is 10.3 Å². The van der Waals surface area contributed by atoms with Gasteiger partial charge in [0.1, 0.15) is 6.04 Å². The summed E-state index contributed by atoms with van der Waals surface area (Å²) in [5.74, 6) is -1.21. The van der Waals surface area contributed by atoms with Gasteiger partial charge in [-0.2, -0.15) is 4.31 Å². The lowest BCUT2D eigenvalue weighted by atomic mass is 10.1. The Morgan fingerprint density at radius 3 is 2.75 bits per heavy atom. The van der Waals surface area contributed by atoms with E-state index in [-0.39, 0.29) is 21.7 Å². The van der Waals surface area contributed by atoms with Crippen molar-refractivity contribution in [2.45, 2.75) is 24.4 Å². The molecule has 0 unspecified atom stereocenters. The highest BCUT2D eigenvalue weighted by Crippen LogP contribution is 2.36. The van der Waals surface area contributed by atoms with Crippen LogP contribution in [0.15, 0.2) is 29.3 Å². The van der Waals surface area contributed by atoms with Crippen LogP contribution in [0.3, 0.4) is 0 Å². The highest BCUT2D eigenvalue weighted by atomic mass is 35.5. The Balaban J connectivity index is 2.10. The van der Waals surface area contributed by atoms with Crippen LogP contribution in [-0.2, 0) is 21.4 Å². The molecule has 0 fully saturated rings. The molecule has 1 aliphatic rings. The molecule has 126 valence electrons. The number of aromatic nitrogens is 2. The molecule has 0 saturated heterocycles.